The fourth-order valence-electron chi connectivity index (χ4n) is 3.73. The molecule has 0 unspecified atom stereocenters. The molecule has 3 N–H and O–H groups in total. The Bertz CT molecular complexity index is 1500. The Morgan fingerprint density at radius 2 is 1.56 bits per heavy atom. The van der Waals surface area contributed by atoms with Crippen LogP contribution < -0.4 is 10.5 Å². The normalized spacial score (nSPS) is 11.9. The number of hydrogen-bond donors (Lipinski definition) is 2. The molecule has 4 rings (SSSR count). The number of benzene rings is 3. The minimum atomic E-state index is -4.77. The minimum absolute atomic E-state index is 0.129. The number of carbonyl (C=O) groups excluding carboxylic acids is 1. The fraction of sp³-hybridized carbons (Fsp3) is 0.120. The zero-order valence-corrected chi connectivity index (χ0v) is 19.8. The van der Waals surface area contributed by atoms with Gasteiger partial charge in [0.25, 0.3) is 0 Å². The van der Waals surface area contributed by atoms with E-state index in [-0.39, 0.29) is 28.6 Å². The second kappa shape index (κ2) is 9.59. The van der Waals surface area contributed by atoms with Crippen LogP contribution in [0.4, 0.5) is 13.2 Å². The molecule has 0 spiro atoms. The molecule has 0 saturated carbocycles. The van der Waals surface area contributed by atoms with Crippen LogP contribution in [0.5, 0.6) is 0 Å². The van der Waals surface area contributed by atoms with Crippen molar-refractivity contribution in [3.63, 3.8) is 0 Å². The molecule has 0 radical (unpaired) electrons. The molecule has 0 bridgehead atoms. The number of nitrogens with one attached hydrogen (secondary N) is 1. The van der Waals surface area contributed by atoms with Crippen LogP contribution in [0, 0.1) is 0 Å². The van der Waals surface area contributed by atoms with Crippen LogP contribution in [0.3, 0.4) is 0 Å². The van der Waals surface area contributed by atoms with E-state index in [1.54, 1.807) is 54.6 Å². The summed E-state index contributed by atoms with van der Waals surface area (Å²) in [6.45, 7) is 1.65. The van der Waals surface area contributed by atoms with E-state index in [1.165, 1.54) is 35.9 Å². The van der Waals surface area contributed by atoms with E-state index < -0.39 is 21.9 Å². The van der Waals surface area contributed by atoms with Crippen molar-refractivity contribution in [3.05, 3.63) is 90.1 Å². The van der Waals surface area contributed by atoms with E-state index >= 15 is 0 Å². The Labute approximate surface area is 205 Å². The third kappa shape index (κ3) is 5.31. The summed E-state index contributed by atoms with van der Waals surface area (Å²) in [4.78, 5) is 11.0. The third-order valence-electron chi connectivity index (χ3n) is 5.40. The molecule has 0 aliphatic rings. The molecule has 0 aliphatic carbocycles. The van der Waals surface area contributed by atoms with E-state index in [0.29, 0.717) is 16.8 Å². The molecule has 0 fully saturated rings. The maximum atomic E-state index is 14.2. The quantitative estimate of drug-likeness (QED) is 0.395. The molecular weight excluding hydrogens is 493 g/mol. The molecule has 1 heterocycles. The maximum Gasteiger partial charge on any atom is 0.435 e. The Balaban J connectivity index is 1.96. The van der Waals surface area contributed by atoms with Gasteiger partial charge < -0.3 is 5.32 Å². The number of nitrogens with zero attached hydrogens (tertiary/aromatic N) is 2. The van der Waals surface area contributed by atoms with Crippen molar-refractivity contribution >= 4 is 15.9 Å². The van der Waals surface area contributed by atoms with E-state index in [2.05, 4.69) is 10.4 Å². The van der Waals surface area contributed by atoms with Crippen molar-refractivity contribution in [3.8, 4) is 28.1 Å². The van der Waals surface area contributed by atoms with Gasteiger partial charge in [0.05, 0.1) is 16.3 Å². The van der Waals surface area contributed by atoms with Crippen LogP contribution >= 0.6 is 0 Å². The van der Waals surface area contributed by atoms with E-state index in [9.17, 15) is 26.4 Å². The van der Waals surface area contributed by atoms with Gasteiger partial charge in [0.2, 0.25) is 15.9 Å². The highest BCUT2D eigenvalue weighted by atomic mass is 32.2. The van der Waals surface area contributed by atoms with Crippen LogP contribution in [0.1, 0.15) is 18.2 Å². The average Bonchev–Trinajstić information content (AvgIpc) is 3.24. The van der Waals surface area contributed by atoms with Gasteiger partial charge in [0, 0.05) is 24.6 Å². The van der Waals surface area contributed by atoms with Crippen LogP contribution in [0.2, 0.25) is 0 Å². The van der Waals surface area contributed by atoms with Crippen LogP contribution in [0.25, 0.3) is 28.1 Å². The van der Waals surface area contributed by atoms with E-state index in [4.69, 9.17) is 5.14 Å². The number of nitrogens with two attached hydrogens (primary N) is 1. The Morgan fingerprint density at radius 3 is 2.08 bits per heavy atom. The summed E-state index contributed by atoms with van der Waals surface area (Å²) in [5.41, 5.74) is 0.606. The van der Waals surface area contributed by atoms with Gasteiger partial charge in [-0.15, -0.1) is 0 Å². The lowest BCUT2D eigenvalue weighted by atomic mass is 9.98. The first kappa shape index (κ1) is 25.1. The highest BCUT2D eigenvalue weighted by molar-refractivity contribution is 7.89. The monoisotopic (exact) mass is 514 g/mol. The van der Waals surface area contributed by atoms with Crippen LogP contribution in [-0.2, 0) is 27.5 Å². The number of sulfonamides is 1. The topological polar surface area (TPSA) is 107 Å². The lowest BCUT2D eigenvalue weighted by molar-refractivity contribution is -0.140. The Kier molecular flexibility index (Phi) is 6.70. The molecule has 36 heavy (non-hydrogen) atoms. The number of halogens is 3. The summed E-state index contributed by atoms with van der Waals surface area (Å²) in [5, 5.41) is 11.8. The summed E-state index contributed by atoms with van der Waals surface area (Å²) in [6, 6.07) is 19.8. The third-order valence-corrected chi connectivity index (χ3v) is 6.32. The predicted molar refractivity (Wildman–Crippen MR) is 128 cm³/mol. The molecule has 0 saturated heterocycles. The van der Waals surface area contributed by atoms with Crippen molar-refractivity contribution in [2.45, 2.75) is 24.5 Å². The number of hydrogen-bond acceptors (Lipinski definition) is 4. The minimum Gasteiger partial charge on any atom is -0.352 e. The molecule has 11 heteroatoms. The second-order valence-electron chi connectivity index (χ2n) is 7.99. The molecule has 7 nitrogen and oxygen atoms in total. The SMILES string of the molecule is CC(=O)NCc1ccc(-n2nc(C(F)(F)F)c(-c3ccccc3)c2-c2ccc(S(N)(=O)=O)cc2)cc1. The smallest absolute Gasteiger partial charge is 0.352 e. The number of primary sulfonamides is 1. The zero-order valence-electron chi connectivity index (χ0n) is 19.0. The second-order valence-corrected chi connectivity index (χ2v) is 9.55. The molecule has 1 aromatic heterocycles. The highest BCUT2D eigenvalue weighted by Crippen LogP contribution is 2.43. The standard InChI is InChI=1S/C25H21F3N4O3S/c1-16(33)30-15-17-7-11-20(12-8-17)32-23(19-9-13-21(14-10-19)36(29,34)35)22(18-5-3-2-4-6-18)24(31-32)25(26,27)28/h2-14H,15H2,1H3,(H,30,33)(H2,29,34,35). The lowest BCUT2D eigenvalue weighted by Crippen LogP contribution is -2.18. The first-order chi connectivity index (χ1) is 16.9. The van der Waals surface area contributed by atoms with Gasteiger partial charge >= 0.3 is 6.18 Å². The molecule has 4 aromatic rings. The lowest BCUT2D eigenvalue weighted by Gasteiger charge is -2.12. The van der Waals surface area contributed by atoms with Gasteiger partial charge in [-0.05, 0) is 35.4 Å². The maximum absolute atomic E-state index is 14.2. The van der Waals surface area contributed by atoms with Crippen molar-refractivity contribution in [1.82, 2.24) is 15.1 Å². The van der Waals surface area contributed by atoms with Crippen molar-refractivity contribution in [2.75, 3.05) is 0 Å². The molecular formula is C25H21F3N4O3S. The van der Waals surface area contributed by atoms with Crippen molar-refractivity contribution in [1.29, 1.82) is 0 Å². The Hall–Kier alpha value is -3.96. The van der Waals surface area contributed by atoms with Gasteiger partial charge in [-0.25, -0.2) is 18.2 Å². The summed E-state index contributed by atoms with van der Waals surface area (Å²) in [6.07, 6.45) is -4.77. The first-order valence-corrected chi connectivity index (χ1v) is 12.2. The average molecular weight is 515 g/mol. The van der Waals surface area contributed by atoms with Gasteiger partial charge in [0.1, 0.15) is 0 Å². The number of alkyl halides is 3. The van der Waals surface area contributed by atoms with Gasteiger partial charge in [-0.2, -0.15) is 18.3 Å². The summed E-state index contributed by atoms with van der Waals surface area (Å²) in [7, 11) is -3.99. The summed E-state index contributed by atoms with van der Waals surface area (Å²) >= 11 is 0. The zero-order chi connectivity index (χ0) is 26.1. The van der Waals surface area contributed by atoms with E-state index in [1.807, 2.05) is 0 Å². The molecule has 1 amide bonds. The van der Waals surface area contributed by atoms with Gasteiger partial charge in [-0.3, -0.25) is 4.79 Å². The number of rotatable bonds is 6. The number of aromatic nitrogens is 2. The van der Waals surface area contributed by atoms with Crippen molar-refractivity contribution in [2.24, 2.45) is 5.14 Å². The van der Waals surface area contributed by atoms with E-state index in [0.717, 1.165) is 5.56 Å². The summed E-state index contributed by atoms with van der Waals surface area (Å²) < 4.78 is 67.2. The van der Waals surface area contributed by atoms with Crippen LogP contribution in [0.15, 0.2) is 83.8 Å². The molecule has 186 valence electrons. The van der Waals surface area contributed by atoms with Crippen molar-refractivity contribution < 1.29 is 26.4 Å². The predicted octanol–water partition coefficient (Wildman–Crippen LogP) is 4.51. The van der Waals surface area contributed by atoms with Gasteiger partial charge in [0.15, 0.2) is 5.69 Å². The largest absolute Gasteiger partial charge is 0.435 e. The highest BCUT2D eigenvalue weighted by Gasteiger charge is 2.40. The number of amides is 1. The fourth-order valence-corrected chi connectivity index (χ4v) is 4.25. The molecule has 3 aromatic carbocycles. The number of carbonyl (C=O) groups is 1. The summed E-state index contributed by atoms with van der Waals surface area (Å²) in [5.74, 6) is -0.210. The molecule has 0 aliphatic heterocycles. The van der Waals surface area contributed by atoms with Gasteiger partial charge in [-0.1, -0.05) is 54.6 Å². The molecule has 0 atom stereocenters. The van der Waals surface area contributed by atoms with Crippen LogP contribution in [-0.4, -0.2) is 24.1 Å². The Morgan fingerprint density at radius 1 is 0.944 bits per heavy atom. The first-order valence-electron chi connectivity index (χ1n) is 10.7.